The van der Waals surface area contributed by atoms with Crippen molar-refractivity contribution in [2.24, 2.45) is 10.7 Å². The van der Waals surface area contributed by atoms with Gasteiger partial charge in [-0.1, -0.05) is 0 Å². The van der Waals surface area contributed by atoms with Crippen LogP contribution < -0.4 is 10.6 Å². The largest absolute Gasteiger partial charge is 0.503 e. The molecule has 0 saturated carbocycles. The molecule has 0 radical (unpaired) electrons. The molecule has 0 atom stereocenters. The molecule has 0 unspecified atom stereocenters. The molecule has 1 aliphatic rings. The van der Waals surface area contributed by atoms with Gasteiger partial charge in [-0.05, 0) is 11.6 Å². The first-order chi connectivity index (χ1) is 9.70. The van der Waals surface area contributed by atoms with E-state index in [4.69, 9.17) is 22.1 Å². The first kappa shape index (κ1) is 13.3. The van der Waals surface area contributed by atoms with Crippen molar-refractivity contribution in [1.82, 2.24) is 9.97 Å². The van der Waals surface area contributed by atoms with Crippen LogP contribution in [0.4, 0.5) is 10.8 Å². The third kappa shape index (κ3) is 2.26. The van der Waals surface area contributed by atoms with Crippen LogP contribution in [0, 0.1) is 0 Å². The summed E-state index contributed by atoms with van der Waals surface area (Å²) in [4.78, 5) is 14.3. The molecule has 0 spiro atoms. The molecule has 9 heteroatoms. The molecular weight excluding hydrogens is 302 g/mol. The van der Waals surface area contributed by atoms with E-state index in [1.165, 1.54) is 11.3 Å². The zero-order chi connectivity index (χ0) is 14.1. The molecular formula is C11H12ClN5O2S. The number of hydrogen-bond acceptors (Lipinski definition) is 7. The Bertz CT molecular complexity index is 668. The van der Waals surface area contributed by atoms with E-state index < -0.39 is 0 Å². The molecule has 1 fully saturated rings. The third-order valence-corrected chi connectivity index (χ3v) is 4.19. The van der Waals surface area contributed by atoms with E-state index in [1.54, 1.807) is 0 Å². The minimum atomic E-state index is -0.0227. The quantitative estimate of drug-likeness (QED) is 0.495. The van der Waals surface area contributed by atoms with Gasteiger partial charge in [-0.2, -0.15) is 4.98 Å². The molecule has 2 aromatic heterocycles. The molecule has 0 bridgehead atoms. The van der Waals surface area contributed by atoms with Gasteiger partial charge in [0.25, 0.3) is 0 Å². The third-order valence-electron chi connectivity index (χ3n) is 2.95. The second-order valence-corrected chi connectivity index (χ2v) is 5.46. The first-order valence-corrected chi connectivity index (χ1v) is 7.16. The van der Waals surface area contributed by atoms with Gasteiger partial charge in [0.05, 0.1) is 19.6 Å². The van der Waals surface area contributed by atoms with E-state index in [2.05, 4.69) is 19.9 Å². The number of thiophene rings is 1. The molecule has 1 saturated heterocycles. The monoisotopic (exact) mass is 313 g/mol. The molecule has 2 aromatic rings. The lowest BCUT2D eigenvalue weighted by Crippen LogP contribution is -2.36. The lowest BCUT2D eigenvalue weighted by Gasteiger charge is -2.27. The smallest absolute Gasteiger partial charge is 0.225 e. The van der Waals surface area contributed by atoms with Crippen molar-refractivity contribution in [2.45, 2.75) is 0 Å². The predicted molar refractivity (Wildman–Crippen MR) is 79.5 cm³/mol. The molecule has 7 nitrogen and oxygen atoms in total. The maximum Gasteiger partial charge on any atom is 0.225 e. The summed E-state index contributed by atoms with van der Waals surface area (Å²) in [5.74, 6) is 0.674. The van der Waals surface area contributed by atoms with Crippen molar-refractivity contribution in [3.63, 3.8) is 0 Å². The Hall–Kier alpha value is -1.64. The fraction of sp³-hybridized carbons (Fsp3) is 0.364. The Labute approximate surface area is 123 Å². The van der Waals surface area contributed by atoms with E-state index in [1.807, 2.05) is 0 Å². The van der Waals surface area contributed by atoms with E-state index >= 15 is 0 Å². The summed E-state index contributed by atoms with van der Waals surface area (Å²) >= 11 is 7.24. The molecule has 0 amide bonds. The molecule has 0 aliphatic carbocycles. The summed E-state index contributed by atoms with van der Waals surface area (Å²) in [5.41, 5.74) is 5.68. The Morgan fingerprint density at radius 1 is 1.40 bits per heavy atom. The maximum absolute atomic E-state index is 10.1. The molecule has 3 N–H and O–H groups in total. The van der Waals surface area contributed by atoms with Gasteiger partial charge < -0.3 is 20.5 Å². The average molecular weight is 314 g/mol. The minimum Gasteiger partial charge on any atom is -0.503 e. The van der Waals surface area contributed by atoms with Crippen LogP contribution in [0.15, 0.2) is 4.99 Å². The van der Waals surface area contributed by atoms with Gasteiger partial charge in [0.2, 0.25) is 5.28 Å². The van der Waals surface area contributed by atoms with Gasteiger partial charge in [0, 0.05) is 13.1 Å². The van der Waals surface area contributed by atoms with Crippen LogP contribution in [-0.2, 0) is 4.74 Å². The number of nitrogens with two attached hydrogens (primary N) is 1. The SMILES string of the molecule is NC=Nc1sc2c(N3CCOCC3)nc(Cl)nc2c1O. The zero-order valence-corrected chi connectivity index (χ0v) is 12.0. The normalized spacial score (nSPS) is 16.4. The highest BCUT2D eigenvalue weighted by Crippen LogP contribution is 2.45. The lowest BCUT2D eigenvalue weighted by molar-refractivity contribution is 0.122. The Morgan fingerprint density at radius 2 is 2.15 bits per heavy atom. The van der Waals surface area contributed by atoms with Gasteiger partial charge in [-0.25, -0.2) is 9.98 Å². The van der Waals surface area contributed by atoms with Gasteiger partial charge in [0.15, 0.2) is 16.6 Å². The molecule has 3 heterocycles. The summed E-state index contributed by atoms with van der Waals surface area (Å²) in [7, 11) is 0. The van der Waals surface area contributed by atoms with E-state index in [-0.39, 0.29) is 11.0 Å². The van der Waals surface area contributed by atoms with Gasteiger partial charge in [-0.3, -0.25) is 0 Å². The van der Waals surface area contributed by atoms with E-state index in [9.17, 15) is 5.11 Å². The zero-order valence-electron chi connectivity index (χ0n) is 10.4. The number of fused-ring (bicyclic) bond motifs is 1. The maximum atomic E-state index is 10.1. The number of morpholine rings is 1. The summed E-state index contributed by atoms with van der Waals surface area (Å²) < 4.78 is 6.07. The summed E-state index contributed by atoms with van der Waals surface area (Å²) in [6.07, 6.45) is 1.13. The molecule has 106 valence electrons. The number of aromatic nitrogens is 2. The van der Waals surface area contributed by atoms with Crippen LogP contribution in [-0.4, -0.2) is 47.7 Å². The highest BCUT2D eigenvalue weighted by molar-refractivity contribution is 7.23. The number of halogens is 1. The topological polar surface area (TPSA) is 96.9 Å². The minimum absolute atomic E-state index is 0.0227. The summed E-state index contributed by atoms with van der Waals surface area (Å²) in [6, 6.07) is 0. The van der Waals surface area contributed by atoms with E-state index in [0.29, 0.717) is 29.5 Å². The molecule has 0 aromatic carbocycles. The van der Waals surface area contributed by atoms with E-state index in [0.717, 1.165) is 24.1 Å². The van der Waals surface area contributed by atoms with Crippen LogP contribution in [0.25, 0.3) is 10.2 Å². The van der Waals surface area contributed by atoms with Crippen molar-refractivity contribution in [3.8, 4) is 5.75 Å². The van der Waals surface area contributed by atoms with Crippen molar-refractivity contribution < 1.29 is 9.84 Å². The van der Waals surface area contributed by atoms with Crippen LogP contribution in [0.5, 0.6) is 5.75 Å². The van der Waals surface area contributed by atoms with Crippen molar-refractivity contribution in [3.05, 3.63) is 5.28 Å². The first-order valence-electron chi connectivity index (χ1n) is 5.96. The second kappa shape index (κ2) is 5.39. The summed E-state index contributed by atoms with van der Waals surface area (Å²) in [5, 5.41) is 10.6. The molecule has 3 rings (SSSR count). The predicted octanol–water partition coefficient (Wildman–Crippen LogP) is 1.51. The highest BCUT2D eigenvalue weighted by Gasteiger charge is 2.22. The van der Waals surface area contributed by atoms with Gasteiger partial charge in [-0.15, -0.1) is 11.3 Å². The number of aliphatic imine (C=N–C) groups is 1. The molecule has 20 heavy (non-hydrogen) atoms. The van der Waals surface area contributed by atoms with Crippen molar-refractivity contribution >= 4 is 50.3 Å². The Morgan fingerprint density at radius 3 is 2.85 bits per heavy atom. The van der Waals surface area contributed by atoms with Crippen LogP contribution in [0.3, 0.4) is 0 Å². The van der Waals surface area contributed by atoms with Gasteiger partial charge >= 0.3 is 0 Å². The highest BCUT2D eigenvalue weighted by atomic mass is 35.5. The van der Waals surface area contributed by atoms with Crippen LogP contribution in [0.2, 0.25) is 5.28 Å². The number of ether oxygens (including phenoxy) is 1. The fourth-order valence-corrected chi connectivity index (χ4v) is 3.23. The Balaban J connectivity index is 2.17. The fourth-order valence-electron chi connectivity index (χ4n) is 2.06. The standard InChI is InChI=1S/C11H12ClN5O2S/c12-11-15-6-7(18)10(14-5-13)20-8(6)9(16-11)17-1-3-19-4-2-17/h5,18H,1-4H2,(H2,13,14). The number of aromatic hydroxyl groups is 1. The van der Waals surface area contributed by atoms with Crippen LogP contribution in [0.1, 0.15) is 0 Å². The van der Waals surface area contributed by atoms with Gasteiger partial charge in [0.1, 0.15) is 10.2 Å². The van der Waals surface area contributed by atoms with Crippen molar-refractivity contribution in [1.29, 1.82) is 0 Å². The number of anilines is 1. The number of rotatable bonds is 2. The Kier molecular flexibility index (Phi) is 3.60. The lowest BCUT2D eigenvalue weighted by atomic mass is 10.3. The average Bonchev–Trinajstić information content (AvgIpc) is 2.77. The second-order valence-electron chi connectivity index (χ2n) is 4.13. The van der Waals surface area contributed by atoms with Crippen molar-refractivity contribution in [2.75, 3.05) is 31.2 Å². The molecule has 1 aliphatic heterocycles. The number of hydrogen-bond donors (Lipinski definition) is 2. The summed E-state index contributed by atoms with van der Waals surface area (Å²) in [6.45, 7) is 2.70. The number of nitrogens with zero attached hydrogens (tertiary/aromatic N) is 4. The van der Waals surface area contributed by atoms with Crippen LogP contribution >= 0.6 is 22.9 Å².